The van der Waals surface area contributed by atoms with Gasteiger partial charge in [0, 0.05) is 25.4 Å². The molecule has 1 aliphatic carbocycles. The van der Waals surface area contributed by atoms with Gasteiger partial charge in [0.25, 0.3) is 11.8 Å². The Labute approximate surface area is 175 Å². The Kier molecular flexibility index (Phi) is 7.40. The molecule has 0 unspecified atom stereocenters. The molecule has 0 spiro atoms. The van der Waals surface area contributed by atoms with Crippen LogP contribution in [0.4, 0.5) is 11.4 Å². The maximum Gasteiger partial charge on any atom is 0.253 e. The number of carbonyl (C=O) groups excluding carboxylic acids is 3. The van der Waals surface area contributed by atoms with Crippen molar-refractivity contribution in [3.05, 3.63) is 59.7 Å². The molecule has 2 aromatic carbocycles. The van der Waals surface area contributed by atoms with E-state index in [1.807, 2.05) is 0 Å². The van der Waals surface area contributed by atoms with Gasteiger partial charge in [-0.1, -0.05) is 24.3 Å². The van der Waals surface area contributed by atoms with Gasteiger partial charge in [0.15, 0.2) is 0 Å². The van der Waals surface area contributed by atoms with Crippen LogP contribution in [0.25, 0.3) is 0 Å². The quantitative estimate of drug-likeness (QED) is 0.448. The second kappa shape index (κ2) is 10.4. The number of rotatable bonds is 10. The third kappa shape index (κ3) is 6.05. The first-order valence-corrected chi connectivity index (χ1v) is 9.88. The molecule has 0 bridgehead atoms. The Bertz CT molecular complexity index is 912. The lowest BCUT2D eigenvalue weighted by Crippen LogP contribution is -2.29. The highest BCUT2D eigenvalue weighted by atomic mass is 16.5. The molecular weight excluding hydrogens is 384 g/mol. The molecule has 0 atom stereocenters. The van der Waals surface area contributed by atoms with Crippen LogP contribution in [0.2, 0.25) is 0 Å². The normalized spacial score (nSPS) is 12.7. The second-order valence-electron chi connectivity index (χ2n) is 6.99. The fraction of sp³-hybridized carbons (Fsp3) is 0.318. The van der Waals surface area contributed by atoms with Gasteiger partial charge in [0.05, 0.1) is 30.0 Å². The van der Waals surface area contributed by atoms with Crippen molar-refractivity contribution in [3.63, 3.8) is 0 Å². The van der Waals surface area contributed by atoms with Crippen molar-refractivity contribution in [2.24, 2.45) is 0 Å². The molecule has 3 rings (SSSR count). The summed E-state index contributed by atoms with van der Waals surface area (Å²) in [5.74, 6) is -0.770. The predicted molar refractivity (Wildman–Crippen MR) is 115 cm³/mol. The fourth-order valence-corrected chi connectivity index (χ4v) is 2.85. The van der Waals surface area contributed by atoms with Crippen molar-refractivity contribution in [3.8, 4) is 0 Å². The third-order valence-electron chi connectivity index (χ3n) is 4.56. The van der Waals surface area contributed by atoms with Gasteiger partial charge in [-0.3, -0.25) is 14.4 Å². The predicted octanol–water partition coefficient (Wildman–Crippen LogP) is 2.01. The molecule has 0 aromatic heterocycles. The van der Waals surface area contributed by atoms with Gasteiger partial charge in [0.1, 0.15) is 0 Å². The van der Waals surface area contributed by atoms with Crippen LogP contribution in [0, 0.1) is 0 Å². The van der Waals surface area contributed by atoms with E-state index in [0.29, 0.717) is 35.7 Å². The van der Waals surface area contributed by atoms with Crippen molar-refractivity contribution in [2.75, 3.05) is 37.4 Å². The Morgan fingerprint density at radius 2 is 1.57 bits per heavy atom. The average Bonchev–Trinajstić information content (AvgIpc) is 3.57. The fourth-order valence-electron chi connectivity index (χ4n) is 2.85. The van der Waals surface area contributed by atoms with E-state index in [1.165, 1.54) is 0 Å². The van der Waals surface area contributed by atoms with Crippen molar-refractivity contribution < 1.29 is 19.1 Å². The van der Waals surface area contributed by atoms with Crippen molar-refractivity contribution in [2.45, 2.75) is 18.9 Å². The van der Waals surface area contributed by atoms with Gasteiger partial charge in [-0.2, -0.15) is 0 Å². The number of benzene rings is 2. The molecule has 3 amide bonds. The topological polar surface area (TPSA) is 109 Å². The molecule has 4 N–H and O–H groups in total. The summed E-state index contributed by atoms with van der Waals surface area (Å²) in [5, 5.41) is 11.4. The number of methoxy groups -OCH3 is 1. The SMILES string of the molecule is COCCNC(=O)c1ccccc1NCC(=O)Nc1ccccc1C(=O)NC1CC1. The van der Waals surface area contributed by atoms with Gasteiger partial charge in [-0.25, -0.2) is 0 Å². The number of amides is 3. The highest BCUT2D eigenvalue weighted by Gasteiger charge is 2.25. The van der Waals surface area contributed by atoms with Gasteiger partial charge >= 0.3 is 0 Å². The summed E-state index contributed by atoms with van der Waals surface area (Å²) >= 11 is 0. The largest absolute Gasteiger partial charge is 0.383 e. The molecule has 1 fully saturated rings. The first kappa shape index (κ1) is 21.3. The highest BCUT2D eigenvalue weighted by Crippen LogP contribution is 2.21. The van der Waals surface area contributed by atoms with E-state index >= 15 is 0 Å². The van der Waals surface area contributed by atoms with E-state index in [9.17, 15) is 14.4 Å². The zero-order chi connectivity index (χ0) is 21.3. The molecular formula is C22H26N4O4. The molecule has 30 heavy (non-hydrogen) atoms. The van der Waals surface area contributed by atoms with Crippen LogP contribution in [-0.4, -0.2) is 50.6 Å². The minimum Gasteiger partial charge on any atom is -0.383 e. The maximum atomic E-state index is 12.5. The molecule has 0 aliphatic heterocycles. The number of para-hydroxylation sites is 2. The molecule has 2 aromatic rings. The van der Waals surface area contributed by atoms with E-state index in [2.05, 4.69) is 21.3 Å². The van der Waals surface area contributed by atoms with Crippen LogP contribution in [0.1, 0.15) is 33.6 Å². The van der Waals surface area contributed by atoms with E-state index in [0.717, 1.165) is 12.8 Å². The van der Waals surface area contributed by atoms with Crippen molar-refractivity contribution in [1.82, 2.24) is 10.6 Å². The Morgan fingerprint density at radius 1 is 0.933 bits per heavy atom. The highest BCUT2D eigenvalue weighted by molar-refractivity contribution is 6.05. The second-order valence-corrected chi connectivity index (χ2v) is 6.99. The number of nitrogens with one attached hydrogen (secondary N) is 4. The summed E-state index contributed by atoms with van der Waals surface area (Å²) in [6.45, 7) is 0.752. The van der Waals surface area contributed by atoms with E-state index < -0.39 is 0 Å². The summed E-state index contributed by atoms with van der Waals surface area (Å²) in [6, 6.07) is 14.1. The molecule has 1 saturated carbocycles. The Morgan fingerprint density at radius 3 is 2.23 bits per heavy atom. The molecule has 8 heteroatoms. The minimum atomic E-state index is -0.323. The van der Waals surface area contributed by atoms with Crippen LogP contribution < -0.4 is 21.3 Å². The van der Waals surface area contributed by atoms with Gasteiger partial charge in [0.2, 0.25) is 5.91 Å². The summed E-state index contributed by atoms with van der Waals surface area (Å²) in [5.41, 5.74) is 1.86. The summed E-state index contributed by atoms with van der Waals surface area (Å²) in [4.78, 5) is 37.2. The van der Waals surface area contributed by atoms with Gasteiger partial charge in [-0.15, -0.1) is 0 Å². The first-order chi connectivity index (χ1) is 14.6. The molecule has 0 heterocycles. The molecule has 0 saturated heterocycles. The van der Waals surface area contributed by atoms with Crippen LogP contribution in [0.3, 0.4) is 0 Å². The lowest BCUT2D eigenvalue weighted by Gasteiger charge is -2.14. The average molecular weight is 410 g/mol. The van der Waals surface area contributed by atoms with Crippen LogP contribution in [0.5, 0.6) is 0 Å². The minimum absolute atomic E-state index is 0.0546. The van der Waals surface area contributed by atoms with Gasteiger partial charge < -0.3 is 26.0 Å². The molecule has 158 valence electrons. The number of ether oxygens (including phenoxy) is 1. The molecule has 0 radical (unpaired) electrons. The number of hydrogen-bond acceptors (Lipinski definition) is 5. The van der Waals surface area contributed by atoms with Crippen LogP contribution in [0.15, 0.2) is 48.5 Å². The number of carbonyl (C=O) groups is 3. The standard InChI is InChI=1S/C22H26N4O4/c1-30-13-12-23-21(28)16-6-2-4-8-18(16)24-14-20(27)26-19-9-5-3-7-17(19)22(29)25-15-10-11-15/h2-9,15,24H,10-14H2,1H3,(H,23,28)(H,25,29)(H,26,27). The number of hydrogen-bond donors (Lipinski definition) is 4. The summed E-state index contributed by atoms with van der Waals surface area (Å²) in [7, 11) is 1.56. The molecule has 1 aliphatic rings. The van der Waals surface area contributed by atoms with Crippen LogP contribution in [-0.2, 0) is 9.53 Å². The Hall–Kier alpha value is -3.39. The van der Waals surface area contributed by atoms with Gasteiger partial charge in [-0.05, 0) is 37.1 Å². The first-order valence-electron chi connectivity index (χ1n) is 9.88. The maximum absolute atomic E-state index is 12.5. The summed E-state index contributed by atoms with van der Waals surface area (Å²) < 4.78 is 4.93. The number of anilines is 2. The lowest BCUT2D eigenvalue weighted by molar-refractivity contribution is -0.114. The van der Waals surface area contributed by atoms with E-state index in [4.69, 9.17) is 4.74 Å². The Balaban J connectivity index is 1.59. The van der Waals surface area contributed by atoms with E-state index in [-0.39, 0.29) is 30.3 Å². The smallest absolute Gasteiger partial charge is 0.253 e. The van der Waals surface area contributed by atoms with Crippen molar-refractivity contribution in [1.29, 1.82) is 0 Å². The van der Waals surface area contributed by atoms with Crippen LogP contribution >= 0.6 is 0 Å². The summed E-state index contributed by atoms with van der Waals surface area (Å²) in [6.07, 6.45) is 1.98. The zero-order valence-corrected chi connectivity index (χ0v) is 16.9. The molecule has 8 nitrogen and oxygen atoms in total. The van der Waals surface area contributed by atoms with E-state index in [1.54, 1.807) is 55.6 Å². The third-order valence-corrected chi connectivity index (χ3v) is 4.56. The van der Waals surface area contributed by atoms with Crippen molar-refractivity contribution >= 4 is 29.1 Å². The monoisotopic (exact) mass is 410 g/mol. The lowest BCUT2D eigenvalue weighted by atomic mass is 10.1. The zero-order valence-electron chi connectivity index (χ0n) is 16.9.